The molecule has 212 valence electrons. The van der Waals surface area contributed by atoms with Crippen molar-refractivity contribution < 1.29 is 66.0 Å². The standard InChI is InChI=1S/C12H15O6P.C10H15O8P/c1-10(2)12(13)16-8-9-17-19(14,15)18-11-6-4-3-5-7-11;1-6(2)9(11)17-8(5-16-19(13,14)15)18-10(12)7(3)4/h3-7H,1,8-9H2,2H3,(H,14,15);8H,1,3,5H2,2,4H3,(H2,13,14,15). The Morgan fingerprint density at radius 3 is 1.68 bits per heavy atom. The zero-order chi connectivity index (χ0) is 29.5. The van der Waals surface area contributed by atoms with Crippen molar-refractivity contribution in [3.63, 3.8) is 0 Å². The van der Waals surface area contributed by atoms with Gasteiger partial charge in [0.25, 0.3) is 6.29 Å². The van der Waals surface area contributed by atoms with E-state index in [0.717, 1.165) is 0 Å². The van der Waals surface area contributed by atoms with Crippen LogP contribution in [0.1, 0.15) is 20.8 Å². The molecule has 0 aliphatic heterocycles. The first-order valence-electron chi connectivity index (χ1n) is 10.4. The fraction of sp³-hybridized carbons (Fsp3) is 0.318. The summed E-state index contributed by atoms with van der Waals surface area (Å²) in [5.41, 5.74) is 0.285. The summed E-state index contributed by atoms with van der Waals surface area (Å²) in [6, 6.07) is 8.10. The van der Waals surface area contributed by atoms with E-state index < -0.39 is 46.5 Å². The zero-order valence-electron chi connectivity index (χ0n) is 20.9. The second-order valence-electron chi connectivity index (χ2n) is 7.21. The molecule has 0 aromatic heterocycles. The molecule has 1 atom stereocenters. The number of esters is 3. The molecule has 0 heterocycles. The second kappa shape index (κ2) is 16.7. The first-order valence-corrected chi connectivity index (χ1v) is 13.4. The van der Waals surface area contributed by atoms with Crippen LogP contribution in [0.4, 0.5) is 0 Å². The van der Waals surface area contributed by atoms with Crippen molar-refractivity contribution in [3.8, 4) is 5.75 Å². The highest BCUT2D eigenvalue weighted by Gasteiger charge is 2.25. The highest BCUT2D eigenvalue weighted by molar-refractivity contribution is 7.47. The molecular weight excluding hydrogens is 550 g/mol. The molecule has 1 aromatic rings. The molecule has 3 N–H and O–H groups in total. The van der Waals surface area contributed by atoms with Crippen molar-refractivity contribution in [3.05, 3.63) is 66.8 Å². The van der Waals surface area contributed by atoms with Crippen molar-refractivity contribution in [1.29, 1.82) is 0 Å². The molecule has 0 saturated heterocycles. The number of para-hydroxylation sites is 1. The van der Waals surface area contributed by atoms with E-state index in [0.29, 0.717) is 0 Å². The largest absolute Gasteiger partial charge is 0.527 e. The van der Waals surface area contributed by atoms with Gasteiger partial charge < -0.3 is 28.5 Å². The second-order valence-corrected chi connectivity index (χ2v) is 9.83. The normalized spacial score (nSPS) is 12.2. The van der Waals surface area contributed by atoms with Gasteiger partial charge in [0.1, 0.15) is 19.0 Å². The van der Waals surface area contributed by atoms with Crippen LogP contribution in [0.2, 0.25) is 0 Å². The lowest BCUT2D eigenvalue weighted by molar-refractivity contribution is -0.188. The maximum absolute atomic E-state index is 11.5. The highest BCUT2D eigenvalue weighted by Crippen LogP contribution is 2.43. The van der Waals surface area contributed by atoms with Gasteiger partial charge in [0.2, 0.25) is 0 Å². The fourth-order valence-electron chi connectivity index (χ4n) is 1.74. The third-order valence-corrected chi connectivity index (χ3v) is 4.87. The van der Waals surface area contributed by atoms with Gasteiger partial charge in [-0.3, -0.25) is 13.9 Å². The Morgan fingerprint density at radius 2 is 1.26 bits per heavy atom. The molecule has 0 bridgehead atoms. The molecule has 0 radical (unpaired) electrons. The van der Waals surface area contributed by atoms with Gasteiger partial charge in [-0.2, -0.15) is 0 Å². The lowest BCUT2D eigenvalue weighted by Crippen LogP contribution is -2.29. The molecule has 0 aliphatic rings. The Kier molecular flexibility index (Phi) is 15.3. The minimum absolute atomic E-state index is 0.0209. The first-order chi connectivity index (χ1) is 17.4. The van der Waals surface area contributed by atoms with Crippen molar-refractivity contribution >= 4 is 33.6 Å². The Hall–Kier alpha value is -3.09. The number of rotatable bonds is 14. The van der Waals surface area contributed by atoms with Gasteiger partial charge in [-0.1, -0.05) is 37.9 Å². The van der Waals surface area contributed by atoms with Crippen molar-refractivity contribution in [2.45, 2.75) is 27.1 Å². The molecule has 1 unspecified atom stereocenters. The average molecular weight is 580 g/mol. The highest BCUT2D eigenvalue weighted by atomic mass is 31.2. The summed E-state index contributed by atoms with van der Waals surface area (Å²) in [5, 5.41) is 0. The molecule has 14 nitrogen and oxygen atoms in total. The number of ether oxygens (including phenoxy) is 3. The van der Waals surface area contributed by atoms with Gasteiger partial charge in [-0.25, -0.2) is 23.5 Å². The fourth-order valence-corrected chi connectivity index (χ4v) is 2.80. The summed E-state index contributed by atoms with van der Waals surface area (Å²) in [6.45, 7) is 13.0. The molecule has 0 amide bonds. The number of benzene rings is 1. The van der Waals surface area contributed by atoms with E-state index in [1.54, 1.807) is 18.2 Å². The van der Waals surface area contributed by atoms with Crippen LogP contribution in [-0.2, 0) is 46.8 Å². The Bertz CT molecular complexity index is 1060. The topological polar surface area (TPSA) is 201 Å². The SMILES string of the molecule is C=C(C)C(=O)OC(COP(=O)(O)O)OC(=O)C(=C)C.C=C(C)C(=O)OCCOP(=O)(O)Oc1ccccc1. The number of hydrogen-bond acceptors (Lipinski definition) is 11. The minimum Gasteiger partial charge on any atom is -0.460 e. The van der Waals surface area contributed by atoms with Crippen LogP contribution < -0.4 is 4.52 Å². The smallest absolute Gasteiger partial charge is 0.460 e. The lowest BCUT2D eigenvalue weighted by atomic mass is 10.3. The number of hydrogen-bond donors (Lipinski definition) is 3. The maximum atomic E-state index is 11.5. The summed E-state index contributed by atoms with van der Waals surface area (Å²) in [6.07, 6.45) is -1.61. The van der Waals surface area contributed by atoms with Gasteiger partial charge in [0.15, 0.2) is 0 Å². The van der Waals surface area contributed by atoms with Crippen LogP contribution in [0.15, 0.2) is 66.8 Å². The summed E-state index contributed by atoms with van der Waals surface area (Å²) in [5.74, 6) is -2.16. The molecule has 0 aliphatic carbocycles. The third kappa shape index (κ3) is 17.4. The van der Waals surface area contributed by atoms with E-state index in [-0.39, 0.29) is 35.7 Å². The first kappa shape index (κ1) is 34.9. The summed E-state index contributed by atoms with van der Waals surface area (Å²) < 4.78 is 49.6. The summed E-state index contributed by atoms with van der Waals surface area (Å²) in [7, 11) is -8.99. The predicted molar refractivity (Wildman–Crippen MR) is 132 cm³/mol. The van der Waals surface area contributed by atoms with Crippen molar-refractivity contribution in [2.24, 2.45) is 0 Å². The van der Waals surface area contributed by atoms with E-state index >= 15 is 0 Å². The monoisotopic (exact) mass is 580 g/mol. The van der Waals surface area contributed by atoms with Gasteiger partial charge in [-0.05, 0) is 32.9 Å². The molecule has 1 rings (SSSR count). The van der Waals surface area contributed by atoms with Gasteiger partial charge in [0.05, 0.1) is 6.61 Å². The number of phosphoric ester groups is 2. The number of carbonyl (C=O) groups excluding carboxylic acids is 3. The van der Waals surface area contributed by atoms with Crippen LogP contribution in [-0.4, -0.2) is 58.7 Å². The Labute approximate surface area is 219 Å². The lowest BCUT2D eigenvalue weighted by Gasteiger charge is -2.18. The maximum Gasteiger partial charge on any atom is 0.527 e. The molecule has 0 fully saturated rings. The molecule has 0 saturated carbocycles. The predicted octanol–water partition coefficient (Wildman–Crippen LogP) is 2.96. The molecule has 1 aromatic carbocycles. The minimum atomic E-state index is -4.78. The number of phosphoric acid groups is 2. The molecular formula is C22H30O14P2. The van der Waals surface area contributed by atoms with Gasteiger partial charge >= 0.3 is 33.6 Å². The quantitative estimate of drug-likeness (QED) is 0.0953. The van der Waals surface area contributed by atoms with Crippen LogP contribution >= 0.6 is 15.6 Å². The van der Waals surface area contributed by atoms with Crippen LogP contribution in [0.25, 0.3) is 0 Å². The van der Waals surface area contributed by atoms with E-state index in [9.17, 15) is 28.4 Å². The van der Waals surface area contributed by atoms with Crippen molar-refractivity contribution in [2.75, 3.05) is 19.8 Å². The van der Waals surface area contributed by atoms with Gasteiger partial charge in [0, 0.05) is 16.7 Å². The average Bonchev–Trinajstić information content (AvgIpc) is 2.80. The van der Waals surface area contributed by atoms with E-state index in [1.807, 2.05) is 0 Å². The molecule has 0 spiro atoms. The van der Waals surface area contributed by atoms with Crippen molar-refractivity contribution in [1.82, 2.24) is 0 Å². The summed E-state index contributed by atoms with van der Waals surface area (Å²) >= 11 is 0. The molecule has 38 heavy (non-hydrogen) atoms. The van der Waals surface area contributed by atoms with Crippen LogP contribution in [0, 0.1) is 0 Å². The van der Waals surface area contributed by atoms with Gasteiger partial charge in [-0.15, -0.1) is 0 Å². The van der Waals surface area contributed by atoms with Crippen LogP contribution in [0.5, 0.6) is 5.75 Å². The van der Waals surface area contributed by atoms with Crippen LogP contribution in [0.3, 0.4) is 0 Å². The Morgan fingerprint density at radius 1 is 0.789 bits per heavy atom. The number of carbonyl (C=O) groups is 3. The van der Waals surface area contributed by atoms with E-state index in [2.05, 4.69) is 38.3 Å². The Balaban J connectivity index is 0.000000721. The molecule has 16 heteroatoms. The zero-order valence-corrected chi connectivity index (χ0v) is 22.7. The summed E-state index contributed by atoms with van der Waals surface area (Å²) in [4.78, 5) is 60.0. The van der Waals surface area contributed by atoms with E-state index in [1.165, 1.54) is 32.9 Å². The third-order valence-electron chi connectivity index (χ3n) is 3.44. The van der Waals surface area contributed by atoms with E-state index in [4.69, 9.17) is 19.0 Å².